The van der Waals surface area contributed by atoms with Gasteiger partial charge in [-0.3, -0.25) is 4.79 Å². The molecule has 4 heteroatoms. The minimum absolute atomic E-state index is 0.0589. The molecule has 102 valence electrons. The first-order chi connectivity index (χ1) is 9.60. The van der Waals surface area contributed by atoms with Crippen LogP contribution < -0.4 is 4.74 Å². The van der Waals surface area contributed by atoms with Crippen LogP contribution >= 0.6 is 0 Å². The zero-order valence-electron chi connectivity index (χ0n) is 10.9. The van der Waals surface area contributed by atoms with Crippen molar-refractivity contribution in [3.8, 4) is 16.9 Å². The lowest BCUT2D eigenvalue weighted by molar-refractivity contribution is -0.137. The third-order valence-electron chi connectivity index (χ3n) is 3.69. The Kier molecular flexibility index (Phi) is 2.93. The second kappa shape index (κ2) is 4.63. The SMILES string of the molecule is COc1ccc2c(c1)C(CC(=O)O)c1cc(F)ccc1-2. The Bertz CT molecular complexity index is 694. The highest BCUT2D eigenvalue weighted by molar-refractivity contribution is 5.82. The molecule has 0 saturated heterocycles. The first-order valence-electron chi connectivity index (χ1n) is 6.29. The largest absolute Gasteiger partial charge is 0.497 e. The van der Waals surface area contributed by atoms with E-state index in [-0.39, 0.29) is 18.2 Å². The van der Waals surface area contributed by atoms with E-state index >= 15 is 0 Å². The lowest BCUT2D eigenvalue weighted by Crippen LogP contribution is -2.05. The molecule has 0 spiro atoms. The highest BCUT2D eigenvalue weighted by atomic mass is 19.1. The third kappa shape index (κ3) is 1.93. The number of aliphatic carboxylic acids is 1. The third-order valence-corrected chi connectivity index (χ3v) is 3.69. The molecule has 0 saturated carbocycles. The van der Waals surface area contributed by atoms with Gasteiger partial charge in [-0.1, -0.05) is 12.1 Å². The molecular weight excluding hydrogens is 259 g/mol. The van der Waals surface area contributed by atoms with Gasteiger partial charge in [0.15, 0.2) is 0 Å². The second-order valence-corrected chi connectivity index (χ2v) is 4.84. The molecule has 0 aliphatic heterocycles. The van der Waals surface area contributed by atoms with Crippen molar-refractivity contribution < 1.29 is 19.0 Å². The van der Waals surface area contributed by atoms with Gasteiger partial charge < -0.3 is 9.84 Å². The van der Waals surface area contributed by atoms with Gasteiger partial charge in [-0.25, -0.2) is 4.39 Å². The molecule has 0 bridgehead atoms. The zero-order chi connectivity index (χ0) is 14.3. The van der Waals surface area contributed by atoms with Crippen molar-refractivity contribution in [2.24, 2.45) is 0 Å². The van der Waals surface area contributed by atoms with Crippen molar-refractivity contribution in [2.45, 2.75) is 12.3 Å². The molecule has 0 fully saturated rings. The van der Waals surface area contributed by atoms with Crippen LogP contribution in [0.3, 0.4) is 0 Å². The number of rotatable bonds is 3. The molecule has 0 heterocycles. The molecule has 1 aliphatic carbocycles. The van der Waals surface area contributed by atoms with Crippen molar-refractivity contribution in [3.05, 3.63) is 53.3 Å². The monoisotopic (exact) mass is 272 g/mol. The standard InChI is InChI=1S/C16H13FO3/c1-20-10-3-5-12-11-4-2-9(17)6-13(11)15(8-16(18)19)14(12)7-10/h2-7,15H,8H2,1H3,(H,18,19). The molecular formula is C16H13FO3. The van der Waals surface area contributed by atoms with Gasteiger partial charge in [-0.2, -0.15) is 0 Å². The summed E-state index contributed by atoms with van der Waals surface area (Å²) in [7, 11) is 1.57. The quantitative estimate of drug-likeness (QED) is 0.931. The Morgan fingerprint density at radius 1 is 1.20 bits per heavy atom. The van der Waals surface area contributed by atoms with Gasteiger partial charge >= 0.3 is 5.97 Å². The summed E-state index contributed by atoms with van der Waals surface area (Å²) >= 11 is 0. The molecule has 1 atom stereocenters. The number of hydrogen-bond donors (Lipinski definition) is 1. The van der Waals surface area contributed by atoms with Gasteiger partial charge in [0.1, 0.15) is 11.6 Å². The van der Waals surface area contributed by atoms with Crippen LogP contribution in [-0.2, 0) is 4.79 Å². The predicted octanol–water partition coefficient (Wildman–Crippen LogP) is 3.42. The molecule has 20 heavy (non-hydrogen) atoms. The van der Waals surface area contributed by atoms with Crippen molar-refractivity contribution in [1.82, 2.24) is 0 Å². The molecule has 1 unspecified atom stereocenters. The maximum atomic E-state index is 13.5. The normalized spacial score (nSPS) is 15.6. The Hall–Kier alpha value is -2.36. The van der Waals surface area contributed by atoms with E-state index < -0.39 is 5.97 Å². The van der Waals surface area contributed by atoms with Gasteiger partial charge in [0.25, 0.3) is 0 Å². The van der Waals surface area contributed by atoms with Gasteiger partial charge in [-0.05, 0) is 46.5 Å². The first kappa shape index (κ1) is 12.7. The Labute approximate surface area is 115 Å². The van der Waals surface area contributed by atoms with E-state index in [1.54, 1.807) is 13.2 Å². The number of benzene rings is 2. The predicted molar refractivity (Wildman–Crippen MR) is 72.5 cm³/mol. The first-order valence-corrected chi connectivity index (χ1v) is 6.29. The summed E-state index contributed by atoms with van der Waals surface area (Å²) in [5, 5.41) is 9.10. The smallest absolute Gasteiger partial charge is 0.304 e. The number of carboxylic acid groups (broad SMARTS) is 1. The molecule has 0 aromatic heterocycles. The number of hydrogen-bond acceptors (Lipinski definition) is 2. The molecule has 3 nitrogen and oxygen atoms in total. The summed E-state index contributed by atoms with van der Waals surface area (Å²) in [6.45, 7) is 0. The van der Waals surface area contributed by atoms with Gasteiger partial charge in [0, 0.05) is 5.92 Å². The second-order valence-electron chi connectivity index (χ2n) is 4.84. The van der Waals surface area contributed by atoms with Crippen molar-refractivity contribution in [1.29, 1.82) is 0 Å². The van der Waals surface area contributed by atoms with Crippen molar-refractivity contribution >= 4 is 5.97 Å². The Morgan fingerprint density at radius 3 is 2.50 bits per heavy atom. The van der Waals surface area contributed by atoms with E-state index in [9.17, 15) is 9.18 Å². The number of fused-ring (bicyclic) bond motifs is 3. The number of halogens is 1. The van der Waals surface area contributed by atoms with Crippen LogP contribution in [0.2, 0.25) is 0 Å². The van der Waals surface area contributed by atoms with Crippen LogP contribution in [0.15, 0.2) is 36.4 Å². The van der Waals surface area contributed by atoms with E-state index in [1.807, 2.05) is 18.2 Å². The number of methoxy groups -OCH3 is 1. The van der Waals surface area contributed by atoms with Crippen LogP contribution in [0.25, 0.3) is 11.1 Å². The fourth-order valence-electron chi connectivity index (χ4n) is 2.83. The van der Waals surface area contributed by atoms with E-state index in [0.29, 0.717) is 5.75 Å². The van der Waals surface area contributed by atoms with E-state index in [4.69, 9.17) is 9.84 Å². The van der Waals surface area contributed by atoms with Crippen LogP contribution in [0.5, 0.6) is 5.75 Å². The minimum Gasteiger partial charge on any atom is -0.497 e. The van der Waals surface area contributed by atoms with Crippen LogP contribution in [0.4, 0.5) is 4.39 Å². The van der Waals surface area contributed by atoms with Crippen LogP contribution in [0.1, 0.15) is 23.5 Å². The van der Waals surface area contributed by atoms with E-state index in [1.165, 1.54) is 12.1 Å². The fraction of sp³-hybridized carbons (Fsp3) is 0.188. The Morgan fingerprint density at radius 2 is 1.85 bits per heavy atom. The lowest BCUT2D eigenvalue weighted by atomic mass is 9.93. The van der Waals surface area contributed by atoms with Crippen LogP contribution in [0, 0.1) is 5.82 Å². The summed E-state index contributed by atoms with van der Waals surface area (Å²) in [5.41, 5.74) is 3.46. The summed E-state index contributed by atoms with van der Waals surface area (Å²) in [6.07, 6.45) is -0.0589. The highest BCUT2D eigenvalue weighted by Gasteiger charge is 2.31. The van der Waals surface area contributed by atoms with Gasteiger partial charge in [0.2, 0.25) is 0 Å². The van der Waals surface area contributed by atoms with E-state index in [0.717, 1.165) is 22.3 Å². The Balaban J connectivity index is 2.19. The number of ether oxygens (including phenoxy) is 1. The zero-order valence-corrected chi connectivity index (χ0v) is 10.9. The van der Waals surface area contributed by atoms with Crippen molar-refractivity contribution in [3.63, 3.8) is 0 Å². The summed E-state index contributed by atoms with van der Waals surface area (Å²) < 4.78 is 18.7. The maximum absolute atomic E-state index is 13.5. The van der Waals surface area contributed by atoms with Crippen molar-refractivity contribution in [2.75, 3.05) is 7.11 Å². The molecule has 2 aromatic rings. The summed E-state index contributed by atoms with van der Waals surface area (Å²) in [4.78, 5) is 11.1. The molecule has 1 aliphatic rings. The van der Waals surface area contributed by atoms with Crippen LogP contribution in [-0.4, -0.2) is 18.2 Å². The van der Waals surface area contributed by atoms with Gasteiger partial charge in [0.05, 0.1) is 13.5 Å². The average molecular weight is 272 g/mol. The average Bonchev–Trinajstić information content (AvgIpc) is 2.71. The number of carbonyl (C=O) groups is 1. The topological polar surface area (TPSA) is 46.5 Å². The molecule has 3 rings (SSSR count). The summed E-state index contributed by atoms with van der Waals surface area (Å²) in [6, 6.07) is 10.1. The minimum atomic E-state index is -0.902. The molecule has 2 aromatic carbocycles. The molecule has 0 radical (unpaired) electrons. The van der Waals surface area contributed by atoms with Gasteiger partial charge in [-0.15, -0.1) is 0 Å². The lowest BCUT2D eigenvalue weighted by Gasteiger charge is -2.11. The molecule has 0 amide bonds. The molecule has 1 N–H and O–H groups in total. The highest BCUT2D eigenvalue weighted by Crippen LogP contribution is 2.47. The maximum Gasteiger partial charge on any atom is 0.304 e. The summed E-state index contributed by atoms with van der Waals surface area (Å²) in [5.74, 6) is -0.907. The van der Waals surface area contributed by atoms with E-state index in [2.05, 4.69) is 0 Å². The fourth-order valence-corrected chi connectivity index (χ4v) is 2.83. The number of carboxylic acids is 1.